The molecule has 2 aliphatic rings. The van der Waals surface area contributed by atoms with Gasteiger partial charge in [0.25, 0.3) is 0 Å². The van der Waals surface area contributed by atoms with E-state index in [1.807, 2.05) is 13.0 Å². The van der Waals surface area contributed by atoms with E-state index >= 15 is 0 Å². The summed E-state index contributed by atoms with van der Waals surface area (Å²) in [5, 5.41) is 8.85. The second-order valence-electron chi connectivity index (χ2n) is 8.72. The number of hydrogen-bond acceptors (Lipinski definition) is 5. The fraction of sp³-hybridized carbons (Fsp3) is 0.560. The number of allylic oxidation sites excluding steroid dienone is 1. The lowest BCUT2D eigenvalue weighted by molar-refractivity contribution is -0.140. The first kappa shape index (κ1) is 25.6. The highest BCUT2D eigenvalue weighted by Gasteiger charge is 2.36. The van der Waals surface area contributed by atoms with Crippen LogP contribution in [-0.2, 0) is 14.3 Å². The average molecular weight is 473 g/mol. The molecule has 1 aliphatic heterocycles. The molecule has 0 bridgehead atoms. The molecule has 1 aromatic carbocycles. The summed E-state index contributed by atoms with van der Waals surface area (Å²) < 4.78 is 10.4. The normalized spacial score (nSPS) is 19.0. The lowest BCUT2D eigenvalue weighted by Gasteiger charge is -2.35. The summed E-state index contributed by atoms with van der Waals surface area (Å²) in [5.41, 5.74) is 2.19. The maximum absolute atomic E-state index is 13.0. The monoisotopic (exact) mass is 472 g/mol. The standard InChI is InChI=1S/C25H36N4O5/c1-4-13-29-17(2)21(23(30)34-15-14-33-3)22(28-25(29)32)18-9-8-12-20(16-18)27-24(31)26-19-10-6-5-7-11-19/h8-9,12,16,19,22H,4-7,10-11,13-15H2,1-3H3,(H,28,32)(H2,26,27,31). The molecule has 0 saturated heterocycles. The Bertz CT molecular complexity index is 910. The molecule has 9 heteroatoms. The fourth-order valence-corrected chi connectivity index (χ4v) is 4.48. The zero-order valence-electron chi connectivity index (χ0n) is 20.3. The minimum Gasteiger partial charge on any atom is -0.460 e. The van der Waals surface area contributed by atoms with Crippen LogP contribution in [0.5, 0.6) is 0 Å². The zero-order chi connectivity index (χ0) is 24.5. The number of benzene rings is 1. The number of esters is 1. The molecular weight excluding hydrogens is 436 g/mol. The Morgan fingerprint density at radius 1 is 1.18 bits per heavy atom. The molecule has 186 valence electrons. The largest absolute Gasteiger partial charge is 0.460 e. The maximum atomic E-state index is 13.0. The molecule has 3 N–H and O–H groups in total. The van der Waals surface area contributed by atoms with Gasteiger partial charge in [0.15, 0.2) is 0 Å². The molecule has 4 amide bonds. The highest BCUT2D eigenvalue weighted by molar-refractivity contribution is 5.95. The lowest BCUT2D eigenvalue weighted by Crippen LogP contribution is -2.48. The van der Waals surface area contributed by atoms with Crippen molar-refractivity contribution < 1.29 is 23.9 Å². The van der Waals surface area contributed by atoms with Crippen molar-refractivity contribution in [1.82, 2.24) is 15.5 Å². The van der Waals surface area contributed by atoms with Crippen LogP contribution in [0.1, 0.15) is 64.0 Å². The smallest absolute Gasteiger partial charge is 0.338 e. The van der Waals surface area contributed by atoms with Gasteiger partial charge in [0.05, 0.1) is 18.2 Å². The molecule has 1 heterocycles. The van der Waals surface area contributed by atoms with E-state index < -0.39 is 12.0 Å². The zero-order valence-corrected chi connectivity index (χ0v) is 20.3. The van der Waals surface area contributed by atoms with Crippen molar-refractivity contribution in [3.8, 4) is 0 Å². The van der Waals surface area contributed by atoms with E-state index in [-0.39, 0.29) is 31.3 Å². The Morgan fingerprint density at radius 3 is 2.65 bits per heavy atom. The Labute approximate surface area is 201 Å². The number of nitrogens with zero attached hydrogens (tertiary/aromatic N) is 1. The van der Waals surface area contributed by atoms with E-state index in [0.29, 0.717) is 29.1 Å². The van der Waals surface area contributed by atoms with Crippen LogP contribution in [0.2, 0.25) is 0 Å². The van der Waals surface area contributed by atoms with Crippen LogP contribution >= 0.6 is 0 Å². The SMILES string of the molecule is CCCN1C(=O)NC(c2cccc(NC(=O)NC3CCCCC3)c2)C(C(=O)OCCOC)=C1C. The number of rotatable bonds is 9. The van der Waals surface area contributed by atoms with Gasteiger partial charge in [-0.15, -0.1) is 0 Å². The lowest BCUT2D eigenvalue weighted by atomic mass is 9.94. The third kappa shape index (κ3) is 6.50. The molecule has 1 atom stereocenters. The highest BCUT2D eigenvalue weighted by atomic mass is 16.6. The molecule has 0 aromatic heterocycles. The Balaban J connectivity index is 1.81. The predicted octanol–water partition coefficient (Wildman–Crippen LogP) is 4.08. The van der Waals surface area contributed by atoms with Crippen LogP contribution in [0.25, 0.3) is 0 Å². The average Bonchev–Trinajstić information content (AvgIpc) is 2.82. The van der Waals surface area contributed by atoms with Crippen molar-refractivity contribution in [3.63, 3.8) is 0 Å². The van der Waals surface area contributed by atoms with Crippen LogP contribution in [-0.4, -0.2) is 55.8 Å². The third-order valence-electron chi connectivity index (χ3n) is 6.20. The summed E-state index contributed by atoms with van der Waals surface area (Å²) in [4.78, 5) is 39.9. The minimum atomic E-state index is -0.696. The van der Waals surface area contributed by atoms with Gasteiger partial charge < -0.3 is 25.4 Å². The molecule has 0 spiro atoms. The van der Waals surface area contributed by atoms with Gasteiger partial charge >= 0.3 is 18.0 Å². The quantitative estimate of drug-likeness (QED) is 0.371. The highest BCUT2D eigenvalue weighted by Crippen LogP contribution is 2.32. The van der Waals surface area contributed by atoms with Crippen LogP contribution in [0.4, 0.5) is 15.3 Å². The molecule has 9 nitrogen and oxygen atoms in total. The van der Waals surface area contributed by atoms with E-state index in [2.05, 4.69) is 16.0 Å². The number of carbonyl (C=O) groups is 3. The summed E-state index contributed by atoms with van der Waals surface area (Å²) in [5.74, 6) is -0.506. The first-order chi connectivity index (χ1) is 16.4. The number of nitrogens with one attached hydrogen (secondary N) is 3. The van der Waals surface area contributed by atoms with Crippen molar-refractivity contribution in [2.45, 2.75) is 64.5 Å². The Kier molecular flexibility index (Phi) is 9.33. The number of amides is 4. The molecule has 1 aromatic rings. The van der Waals surface area contributed by atoms with Crippen LogP contribution in [0.3, 0.4) is 0 Å². The van der Waals surface area contributed by atoms with Crippen LogP contribution in [0, 0.1) is 0 Å². The van der Waals surface area contributed by atoms with Gasteiger partial charge in [0.2, 0.25) is 0 Å². The fourth-order valence-electron chi connectivity index (χ4n) is 4.48. The predicted molar refractivity (Wildman–Crippen MR) is 129 cm³/mol. The number of anilines is 1. The van der Waals surface area contributed by atoms with Crippen molar-refractivity contribution >= 4 is 23.7 Å². The summed E-state index contributed by atoms with van der Waals surface area (Å²) in [6.45, 7) is 4.61. The molecule has 34 heavy (non-hydrogen) atoms. The van der Waals surface area contributed by atoms with E-state index in [9.17, 15) is 14.4 Å². The molecule has 1 unspecified atom stereocenters. The van der Waals surface area contributed by atoms with E-state index in [1.54, 1.807) is 30.0 Å². The van der Waals surface area contributed by atoms with E-state index in [0.717, 1.165) is 32.1 Å². The van der Waals surface area contributed by atoms with Gasteiger partial charge in [-0.1, -0.05) is 38.3 Å². The van der Waals surface area contributed by atoms with Crippen molar-refractivity contribution in [3.05, 3.63) is 41.1 Å². The first-order valence-electron chi connectivity index (χ1n) is 12.1. The first-order valence-corrected chi connectivity index (χ1v) is 12.1. The van der Waals surface area contributed by atoms with Gasteiger partial charge in [-0.05, 0) is 43.9 Å². The third-order valence-corrected chi connectivity index (χ3v) is 6.20. The molecule has 3 rings (SSSR count). The van der Waals surface area contributed by atoms with Crippen LogP contribution in [0.15, 0.2) is 35.5 Å². The molecule has 1 fully saturated rings. The Morgan fingerprint density at radius 2 is 1.94 bits per heavy atom. The van der Waals surface area contributed by atoms with Crippen LogP contribution < -0.4 is 16.0 Å². The summed E-state index contributed by atoms with van der Waals surface area (Å²) in [6.07, 6.45) is 6.21. The van der Waals surface area contributed by atoms with Gasteiger partial charge in [-0.2, -0.15) is 0 Å². The van der Waals surface area contributed by atoms with Gasteiger partial charge in [-0.3, -0.25) is 4.90 Å². The van der Waals surface area contributed by atoms with Gasteiger partial charge in [0.1, 0.15) is 6.61 Å². The van der Waals surface area contributed by atoms with Crippen molar-refractivity contribution in [2.75, 3.05) is 32.2 Å². The number of carbonyl (C=O) groups excluding carboxylic acids is 3. The topological polar surface area (TPSA) is 109 Å². The summed E-state index contributed by atoms with van der Waals surface area (Å²) in [6, 6.07) is 6.14. The maximum Gasteiger partial charge on any atom is 0.338 e. The van der Waals surface area contributed by atoms with E-state index in [4.69, 9.17) is 9.47 Å². The molecule has 1 saturated carbocycles. The second-order valence-corrected chi connectivity index (χ2v) is 8.72. The number of urea groups is 2. The van der Waals surface area contributed by atoms with Gasteiger partial charge in [0, 0.05) is 31.1 Å². The van der Waals surface area contributed by atoms with E-state index in [1.165, 1.54) is 13.5 Å². The number of ether oxygens (including phenoxy) is 2. The summed E-state index contributed by atoms with van der Waals surface area (Å²) >= 11 is 0. The van der Waals surface area contributed by atoms with Crippen molar-refractivity contribution in [1.29, 1.82) is 0 Å². The number of methoxy groups -OCH3 is 1. The number of hydrogen-bond donors (Lipinski definition) is 3. The molecular formula is C25H36N4O5. The molecule has 1 aliphatic carbocycles. The second kappa shape index (κ2) is 12.4. The van der Waals surface area contributed by atoms with Crippen molar-refractivity contribution in [2.24, 2.45) is 0 Å². The summed E-state index contributed by atoms with van der Waals surface area (Å²) in [7, 11) is 1.54. The van der Waals surface area contributed by atoms with Gasteiger partial charge in [-0.25, -0.2) is 14.4 Å². The minimum absolute atomic E-state index is 0.115. The Hall–Kier alpha value is -3.07. The molecule has 0 radical (unpaired) electrons.